The van der Waals surface area contributed by atoms with Gasteiger partial charge in [-0.15, -0.1) is 12.4 Å². The van der Waals surface area contributed by atoms with Crippen molar-refractivity contribution in [3.63, 3.8) is 0 Å². The van der Waals surface area contributed by atoms with Gasteiger partial charge in [-0.25, -0.2) is 13.1 Å². The summed E-state index contributed by atoms with van der Waals surface area (Å²) in [7, 11) is -3.88. The van der Waals surface area contributed by atoms with Gasteiger partial charge in [0.15, 0.2) is 0 Å². The minimum Gasteiger partial charge on any atom is -0.364 e. The summed E-state index contributed by atoms with van der Waals surface area (Å²) in [4.78, 5) is 27.0. The largest absolute Gasteiger partial charge is 0.364 e. The van der Waals surface area contributed by atoms with E-state index in [4.69, 9.17) is 5.73 Å². The zero-order chi connectivity index (χ0) is 16.3. The van der Waals surface area contributed by atoms with Crippen molar-refractivity contribution >= 4 is 34.2 Å². The summed E-state index contributed by atoms with van der Waals surface area (Å²) in [5, 5.41) is 3.15. The summed E-state index contributed by atoms with van der Waals surface area (Å²) in [6, 6.07) is 1.14. The number of sulfonamides is 1. The fourth-order valence-electron chi connectivity index (χ4n) is 2.23. The number of aromatic nitrogens is 1. The monoisotopic (exact) mass is 365 g/mol. The second-order valence-electron chi connectivity index (χ2n) is 5.08. The van der Waals surface area contributed by atoms with Crippen LogP contribution in [-0.4, -0.2) is 62.3 Å². The number of aromatic amines is 1. The van der Waals surface area contributed by atoms with Gasteiger partial charge in [-0.2, -0.15) is 0 Å². The van der Waals surface area contributed by atoms with E-state index >= 15 is 0 Å². The minimum absolute atomic E-state index is 0. The molecule has 1 atom stereocenters. The Labute approximate surface area is 140 Å². The van der Waals surface area contributed by atoms with Crippen molar-refractivity contribution in [1.29, 1.82) is 0 Å². The van der Waals surface area contributed by atoms with Gasteiger partial charge in [0.25, 0.3) is 5.91 Å². The van der Waals surface area contributed by atoms with Crippen molar-refractivity contribution in [2.45, 2.75) is 17.9 Å². The number of hydrogen-bond donors (Lipinski definition) is 4. The first-order valence-electron chi connectivity index (χ1n) is 6.79. The normalized spacial score (nSPS) is 18.3. The van der Waals surface area contributed by atoms with Crippen molar-refractivity contribution in [3.05, 3.63) is 18.0 Å². The average molecular weight is 366 g/mol. The molecule has 1 aliphatic heterocycles. The first-order valence-corrected chi connectivity index (χ1v) is 8.27. The zero-order valence-corrected chi connectivity index (χ0v) is 14.2. The molecule has 11 heteroatoms. The van der Waals surface area contributed by atoms with E-state index in [2.05, 4.69) is 15.0 Å². The van der Waals surface area contributed by atoms with E-state index in [1.807, 2.05) is 6.92 Å². The number of piperazine rings is 1. The van der Waals surface area contributed by atoms with Gasteiger partial charge in [0, 0.05) is 31.9 Å². The van der Waals surface area contributed by atoms with Crippen LogP contribution in [0, 0.1) is 0 Å². The lowest BCUT2D eigenvalue weighted by Crippen LogP contribution is -2.54. The van der Waals surface area contributed by atoms with E-state index in [-0.39, 0.29) is 41.5 Å². The summed E-state index contributed by atoms with van der Waals surface area (Å²) >= 11 is 0. The number of H-pyrrole nitrogens is 1. The maximum absolute atomic E-state index is 12.1. The van der Waals surface area contributed by atoms with Gasteiger partial charge in [-0.1, -0.05) is 0 Å². The number of primary amides is 1. The van der Waals surface area contributed by atoms with Crippen LogP contribution in [-0.2, 0) is 14.8 Å². The van der Waals surface area contributed by atoms with Gasteiger partial charge in [-0.3, -0.25) is 9.59 Å². The summed E-state index contributed by atoms with van der Waals surface area (Å²) in [5.41, 5.74) is 5.04. The number of nitrogens with one attached hydrogen (secondary N) is 3. The smallest absolute Gasteiger partial charge is 0.265 e. The topological polar surface area (TPSA) is 137 Å². The van der Waals surface area contributed by atoms with Crippen LogP contribution in [0.5, 0.6) is 0 Å². The lowest BCUT2D eigenvalue weighted by molar-refractivity contribution is -0.132. The highest BCUT2D eigenvalue weighted by molar-refractivity contribution is 7.89. The summed E-state index contributed by atoms with van der Waals surface area (Å²) in [6.45, 7) is 3.46. The second kappa shape index (κ2) is 7.77. The molecule has 0 bridgehead atoms. The maximum atomic E-state index is 12.1. The van der Waals surface area contributed by atoms with E-state index in [0.717, 1.165) is 12.3 Å². The Bertz CT molecular complexity index is 675. The molecule has 1 saturated heterocycles. The third-order valence-corrected chi connectivity index (χ3v) is 4.85. The van der Waals surface area contributed by atoms with Gasteiger partial charge < -0.3 is 20.9 Å². The van der Waals surface area contributed by atoms with Gasteiger partial charge in [0.05, 0.1) is 6.54 Å². The summed E-state index contributed by atoms with van der Waals surface area (Å²) < 4.78 is 26.4. The van der Waals surface area contributed by atoms with E-state index in [1.165, 1.54) is 0 Å². The summed E-state index contributed by atoms with van der Waals surface area (Å²) in [6.07, 6.45) is 1.15. The van der Waals surface area contributed by atoms with Crippen LogP contribution < -0.4 is 15.8 Å². The number of rotatable bonds is 5. The Kier molecular flexibility index (Phi) is 6.57. The number of halogens is 1. The molecule has 1 fully saturated rings. The molecular weight excluding hydrogens is 346 g/mol. The molecule has 0 aliphatic carbocycles. The first-order chi connectivity index (χ1) is 10.3. The van der Waals surface area contributed by atoms with Crippen molar-refractivity contribution < 1.29 is 18.0 Å². The van der Waals surface area contributed by atoms with E-state index in [9.17, 15) is 18.0 Å². The molecule has 1 aromatic rings. The van der Waals surface area contributed by atoms with Crippen molar-refractivity contribution in [1.82, 2.24) is 19.9 Å². The van der Waals surface area contributed by atoms with Gasteiger partial charge in [0.2, 0.25) is 15.9 Å². The van der Waals surface area contributed by atoms with Crippen LogP contribution in [0.25, 0.3) is 0 Å². The number of carbonyl (C=O) groups is 2. The van der Waals surface area contributed by atoms with Crippen molar-refractivity contribution in [2.75, 3.05) is 26.2 Å². The average Bonchev–Trinajstić information content (AvgIpc) is 2.96. The number of nitrogens with two attached hydrogens (primary N) is 1. The standard InChI is InChI=1S/C12H19N5O4S.ClH/c1-8-5-14-2-3-17(8)11(18)7-16-22(20,21)9-4-10(12(13)19)15-6-9;/h4,6,8,14-16H,2-3,5,7H2,1H3,(H2,13,19);1H/t8-;/m0./s1. The molecule has 0 saturated carbocycles. The van der Waals surface area contributed by atoms with E-state index in [1.54, 1.807) is 4.90 Å². The number of amides is 2. The van der Waals surface area contributed by atoms with Crippen LogP contribution >= 0.6 is 12.4 Å². The van der Waals surface area contributed by atoms with Crippen molar-refractivity contribution in [3.8, 4) is 0 Å². The highest BCUT2D eigenvalue weighted by Gasteiger charge is 2.25. The molecule has 0 unspecified atom stereocenters. The molecule has 2 amide bonds. The number of carbonyl (C=O) groups excluding carboxylic acids is 2. The molecule has 2 heterocycles. The minimum atomic E-state index is -3.88. The van der Waals surface area contributed by atoms with Crippen LogP contribution in [0.2, 0.25) is 0 Å². The van der Waals surface area contributed by atoms with Gasteiger partial charge in [0.1, 0.15) is 10.6 Å². The molecule has 2 rings (SSSR count). The van der Waals surface area contributed by atoms with Crippen molar-refractivity contribution in [2.24, 2.45) is 5.73 Å². The molecule has 5 N–H and O–H groups in total. The fourth-order valence-corrected chi connectivity index (χ4v) is 3.19. The molecule has 0 aromatic carbocycles. The molecule has 23 heavy (non-hydrogen) atoms. The van der Waals surface area contributed by atoms with Crippen LogP contribution in [0.4, 0.5) is 0 Å². The fraction of sp³-hybridized carbons (Fsp3) is 0.500. The van der Waals surface area contributed by atoms with E-state index < -0.39 is 15.9 Å². The molecule has 1 aliphatic rings. The SMILES string of the molecule is C[C@H]1CNCCN1C(=O)CNS(=O)(=O)c1c[nH]c(C(N)=O)c1.Cl. The Morgan fingerprint density at radius 3 is 2.74 bits per heavy atom. The first kappa shape index (κ1) is 19.4. The third-order valence-electron chi connectivity index (χ3n) is 3.47. The predicted molar refractivity (Wildman–Crippen MR) is 85.8 cm³/mol. The highest BCUT2D eigenvalue weighted by atomic mass is 35.5. The Balaban J connectivity index is 0.00000264. The lowest BCUT2D eigenvalue weighted by atomic mass is 10.2. The highest BCUT2D eigenvalue weighted by Crippen LogP contribution is 2.10. The Hall–Kier alpha value is -1.62. The molecule has 9 nitrogen and oxygen atoms in total. The lowest BCUT2D eigenvalue weighted by Gasteiger charge is -2.34. The molecule has 130 valence electrons. The predicted octanol–water partition coefficient (Wildman–Crippen LogP) is -1.37. The van der Waals surface area contributed by atoms with Crippen LogP contribution in [0.15, 0.2) is 17.2 Å². The van der Waals surface area contributed by atoms with Crippen LogP contribution in [0.3, 0.4) is 0 Å². The zero-order valence-electron chi connectivity index (χ0n) is 12.5. The molecule has 1 aromatic heterocycles. The Morgan fingerprint density at radius 1 is 1.48 bits per heavy atom. The van der Waals surface area contributed by atoms with Crippen LogP contribution in [0.1, 0.15) is 17.4 Å². The molecular formula is C12H20ClN5O4S. The molecule has 0 spiro atoms. The van der Waals surface area contributed by atoms with Gasteiger partial charge >= 0.3 is 0 Å². The van der Waals surface area contributed by atoms with E-state index in [0.29, 0.717) is 19.6 Å². The quantitative estimate of drug-likeness (QED) is 0.510. The third kappa shape index (κ3) is 4.67. The number of nitrogens with zero attached hydrogens (tertiary/aromatic N) is 1. The van der Waals surface area contributed by atoms with Gasteiger partial charge in [-0.05, 0) is 13.0 Å². The maximum Gasteiger partial charge on any atom is 0.265 e. The summed E-state index contributed by atoms with van der Waals surface area (Å²) in [5.74, 6) is -1.05. The Morgan fingerprint density at radius 2 is 2.17 bits per heavy atom. The molecule has 0 radical (unpaired) electrons. The second-order valence-corrected chi connectivity index (χ2v) is 6.85. The number of hydrogen-bond acceptors (Lipinski definition) is 5.